The van der Waals surface area contributed by atoms with Gasteiger partial charge in [0.25, 0.3) is 11.5 Å². The summed E-state index contributed by atoms with van der Waals surface area (Å²) in [6, 6.07) is 11.3. The smallest absolute Gasteiger partial charge is 0.269 e. The Morgan fingerprint density at radius 2 is 1.86 bits per heavy atom. The number of carbonyl (C=O) groups is 1. The summed E-state index contributed by atoms with van der Waals surface area (Å²) in [6.45, 7) is 0. The van der Waals surface area contributed by atoms with Crippen LogP contribution >= 0.6 is 35.4 Å². The zero-order valence-corrected chi connectivity index (χ0v) is 13.3. The molecule has 0 amide bonds. The number of benzene rings is 2. The first-order chi connectivity index (χ1) is 10.5. The Kier molecular flexibility index (Phi) is 3.87. The molecule has 110 valence electrons. The average Bonchev–Trinajstić information content (AvgIpc) is 2.49. The molecule has 0 saturated carbocycles. The summed E-state index contributed by atoms with van der Waals surface area (Å²) in [5.41, 5.74) is 0.185. The van der Waals surface area contributed by atoms with Crippen LogP contribution < -0.4 is 5.56 Å². The van der Waals surface area contributed by atoms with Crippen LogP contribution in [0.3, 0.4) is 0 Å². The van der Waals surface area contributed by atoms with Crippen LogP contribution in [0.4, 0.5) is 0 Å². The van der Waals surface area contributed by atoms with Crippen LogP contribution in [0.15, 0.2) is 47.3 Å². The Morgan fingerprint density at radius 1 is 1.14 bits per heavy atom. The minimum atomic E-state index is -0.621. The summed E-state index contributed by atoms with van der Waals surface area (Å²) >= 11 is 17.0. The second-order valence-electron chi connectivity index (χ2n) is 4.55. The third kappa shape index (κ3) is 2.47. The summed E-state index contributed by atoms with van der Waals surface area (Å²) in [6.07, 6.45) is 0. The summed E-state index contributed by atoms with van der Waals surface area (Å²) in [4.78, 5) is 28.0. The molecule has 1 N–H and O–H groups in total. The monoisotopic (exact) mass is 350 g/mol. The number of aromatic nitrogens is 2. The predicted octanol–water partition coefficient (Wildman–Crippen LogP) is 4.05. The van der Waals surface area contributed by atoms with Gasteiger partial charge in [-0.2, -0.15) is 0 Å². The molecule has 0 aliphatic rings. The molecular formula is C15H8Cl2N2O2S. The van der Waals surface area contributed by atoms with Gasteiger partial charge in [0, 0.05) is 5.02 Å². The Labute approximate surface area is 139 Å². The van der Waals surface area contributed by atoms with Gasteiger partial charge in [-0.1, -0.05) is 35.3 Å². The number of carbonyl (C=O) groups excluding carboxylic acids is 1. The number of fused-ring (bicyclic) bond motifs is 1. The molecule has 22 heavy (non-hydrogen) atoms. The van der Waals surface area contributed by atoms with Gasteiger partial charge in [-0.15, -0.1) is 0 Å². The highest BCUT2D eigenvalue weighted by molar-refractivity contribution is 7.71. The summed E-state index contributed by atoms with van der Waals surface area (Å²) in [5.74, 6) is -0.621. The van der Waals surface area contributed by atoms with E-state index in [0.717, 1.165) is 4.57 Å². The molecule has 1 heterocycles. The third-order valence-corrected chi connectivity index (χ3v) is 4.02. The van der Waals surface area contributed by atoms with Crippen molar-refractivity contribution in [3.05, 3.63) is 73.2 Å². The average molecular weight is 351 g/mol. The lowest BCUT2D eigenvalue weighted by molar-refractivity contribution is 0.0954. The lowest BCUT2D eigenvalue weighted by Crippen LogP contribution is -2.29. The quantitative estimate of drug-likeness (QED) is 0.673. The highest BCUT2D eigenvalue weighted by atomic mass is 35.5. The Hall–Kier alpha value is -1.95. The van der Waals surface area contributed by atoms with E-state index in [9.17, 15) is 9.59 Å². The summed E-state index contributed by atoms with van der Waals surface area (Å²) in [7, 11) is 0. The molecule has 0 bridgehead atoms. The molecule has 0 saturated heterocycles. The SMILES string of the molecule is O=C(c1cc(Cl)ccc1Cl)n1c(=S)[nH]c2ccccc2c1=O. The first kappa shape index (κ1) is 15.0. The molecule has 4 nitrogen and oxygen atoms in total. The molecule has 0 spiro atoms. The van der Waals surface area contributed by atoms with Crippen LogP contribution in [0.25, 0.3) is 10.9 Å². The molecule has 0 aliphatic carbocycles. The van der Waals surface area contributed by atoms with Crippen molar-refractivity contribution in [1.82, 2.24) is 9.55 Å². The second-order valence-corrected chi connectivity index (χ2v) is 5.78. The fourth-order valence-corrected chi connectivity index (χ4v) is 2.77. The first-order valence-electron chi connectivity index (χ1n) is 6.23. The fraction of sp³-hybridized carbons (Fsp3) is 0. The number of nitrogens with zero attached hydrogens (tertiary/aromatic N) is 1. The number of H-pyrrole nitrogens is 1. The Morgan fingerprint density at radius 3 is 2.64 bits per heavy atom. The van der Waals surface area contributed by atoms with Gasteiger partial charge in [-0.3, -0.25) is 9.59 Å². The minimum absolute atomic E-state index is 0.00439. The van der Waals surface area contributed by atoms with E-state index in [1.807, 2.05) is 0 Å². The van der Waals surface area contributed by atoms with E-state index < -0.39 is 11.5 Å². The van der Waals surface area contributed by atoms with Gasteiger partial charge in [-0.25, -0.2) is 4.57 Å². The molecule has 1 aromatic heterocycles. The molecule has 3 rings (SSSR count). The van der Waals surface area contributed by atoms with Crippen molar-refractivity contribution in [2.75, 3.05) is 0 Å². The Bertz CT molecular complexity index is 1020. The molecule has 0 unspecified atom stereocenters. The van der Waals surface area contributed by atoms with Crippen LogP contribution in [-0.2, 0) is 0 Å². The number of hydrogen-bond donors (Lipinski definition) is 1. The lowest BCUT2D eigenvalue weighted by Gasteiger charge is -2.08. The van der Waals surface area contributed by atoms with Gasteiger partial charge in [0.05, 0.1) is 21.5 Å². The fourth-order valence-electron chi connectivity index (χ4n) is 2.13. The van der Waals surface area contributed by atoms with Crippen molar-refractivity contribution in [3.63, 3.8) is 0 Å². The number of para-hydroxylation sites is 1. The maximum absolute atomic E-state index is 12.6. The van der Waals surface area contributed by atoms with Gasteiger partial charge < -0.3 is 4.98 Å². The number of halogens is 2. The normalized spacial score (nSPS) is 10.8. The molecule has 0 aliphatic heterocycles. The molecule has 0 fully saturated rings. The highest BCUT2D eigenvalue weighted by Crippen LogP contribution is 2.21. The van der Waals surface area contributed by atoms with Crippen molar-refractivity contribution < 1.29 is 4.79 Å². The van der Waals surface area contributed by atoms with Gasteiger partial charge in [0.15, 0.2) is 4.77 Å². The molecular weight excluding hydrogens is 343 g/mol. The van der Waals surface area contributed by atoms with E-state index in [0.29, 0.717) is 15.9 Å². The van der Waals surface area contributed by atoms with Crippen LogP contribution in [0.1, 0.15) is 10.4 Å². The van der Waals surface area contributed by atoms with Crippen LogP contribution in [0.5, 0.6) is 0 Å². The Balaban J connectivity index is 2.31. The number of hydrogen-bond acceptors (Lipinski definition) is 3. The molecule has 2 aromatic carbocycles. The van der Waals surface area contributed by atoms with Gasteiger partial charge in [-0.05, 0) is 42.5 Å². The zero-order chi connectivity index (χ0) is 15.9. The van der Waals surface area contributed by atoms with Crippen molar-refractivity contribution in [3.8, 4) is 0 Å². The maximum atomic E-state index is 12.6. The van der Waals surface area contributed by atoms with E-state index in [-0.39, 0.29) is 15.4 Å². The van der Waals surface area contributed by atoms with Crippen molar-refractivity contribution in [1.29, 1.82) is 0 Å². The van der Waals surface area contributed by atoms with Gasteiger partial charge >= 0.3 is 0 Å². The predicted molar refractivity (Wildman–Crippen MR) is 89.6 cm³/mol. The highest BCUT2D eigenvalue weighted by Gasteiger charge is 2.17. The third-order valence-electron chi connectivity index (χ3n) is 3.17. The largest absolute Gasteiger partial charge is 0.331 e. The summed E-state index contributed by atoms with van der Waals surface area (Å²) in [5, 5.41) is 0.906. The molecule has 7 heteroatoms. The summed E-state index contributed by atoms with van der Waals surface area (Å²) < 4.78 is 0.889. The molecule has 3 aromatic rings. The lowest BCUT2D eigenvalue weighted by atomic mass is 10.2. The van der Waals surface area contributed by atoms with Gasteiger partial charge in [0.1, 0.15) is 0 Å². The van der Waals surface area contributed by atoms with E-state index in [4.69, 9.17) is 35.4 Å². The number of aromatic amines is 1. The van der Waals surface area contributed by atoms with E-state index >= 15 is 0 Å². The van der Waals surface area contributed by atoms with Crippen LogP contribution in [0, 0.1) is 4.77 Å². The molecule has 0 radical (unpaired) electrons. The maximum Gasteiger partial charge on any atom is 0.269 e. The van der Waals surface area contributed by atoms with Crippen LogP contribution in [-0.4, -0.2) is 15.5 Å². The van der Waals surface area contributed by atoms with Crippen molar-refractivity contribution >= 4 is 52.2 Å². The standard InChI is InChI=1S/C15H8Cl2N2O2S/c16-8-5-6-11(17)10(7-8)14(21)19-13(20)9-3-1-2-4-12(9)18-15(19)22/h1-7H,(H,18,22). The zero-order valence-electron chi connectivity index (χ0n) is 11.0. The second kappa shape index (κ2) is 5.68. The minimum Gasteiger partial charge on any atom is -0.331 e. The van der Waals surface area contributed by atoms with Gasteiger partial charge in [0.2, 0.25) is 0 Å². The number of rotatable bonds is 1. The van der Waals surface area contributed by atoms with E-state index in [1.54, 1.807) is 30.3 Å². The topological polar surface area (TPSA) is 54.9 Å². The first-order valence-corrected chi connectivity index (χ1v) is 7.39. The van der Waals surface area contributed by atoms with E-state index in [1.165, 1.54) is 12.1 Å². The van der Waals surface area contributed by atoms with Crippen molar-refractivity contribution in [2.24, 2.45) is 0 Å². The van der Waals surface area contributed by atoms with Crippen LogP contribution in [0.2, 0.25) is 10.0 Å². The molecule has 0 atom stereocenters. The van der Waals surface area contributed by atoms with Crippen molar-refractivity contribution in [2.45, 2.75) is 0 Å². The number of nitrogens with one attached hydrogen (secondary N) is 1. The van der Waals surface area contributed by atoms with E-state index in [2.05, 4.69) is 4.98 Å².